The number of ether oxygens (including phenoxy) is 1. The number of aromatic amines is 1. The molecule has 1 aliphatic rings. The first kappa shape index (κ1) is 20.2. The zero-order valence-electron chi connectivity index (χ0n) is 14.1. The average molecular weight is 381 g/mol. The molecule has 2 aromatic rings. The summed E-state index contributed by atoms with van der Waals surface area (Å²) in [5.41, 5.74) is 0.787. The lowest BCUT2D eigenvalue weighted by Crippen LogP contribution is -2.42. The van der Waals surface area contributed by atoms with E-state index in [1.54, 1.807) is 6.07 Å². The Morgan fingerprint density at radius 3 is 2.30 bits per heavy atom. The molecule has 1 aromatic heterocycles. The number of aliphatic hydroxyl groups is 1. The van der Waals surface area contributed by atoms with Crippen molar-refractivity contribution in [2.45, 2.75) is 31.5 Å². The van der Waals surface area contributed by atoms with Crippen molar-refractivity contribution in [2.24, 2.45) is 0 Å². The molecular weight excluding hydrogens is 362 g/mol. The number of phenols is 1. The van der Waals surface area contributed by atoms with Crippen LogP contribution in [0.4, 0.5) is 0 Å². The highest BCUT2D eigenvalue weighted by atomic mass is 16.5. The smallest absolute Gasteiger partial charge is 0.336 e. The van der Waals surface area contributed by atoms with Crippen LogP contribution >= 0.6 is 0 Å². The predicted molar refractivity (Wildman–Crippen MR) is 90.4 cm³/mol. The highest BCUT2D eigenvalue weighted by molar-refractivity contribution is 5.88. The predicted octanol–water partition coefficient (Wildman–Crippen LogP) is 0.698. The third-order valence-electron chi connectivity index (χ3n) is 4.01. The van der Waals surface area contributed by atoms with Crippen LogP contribution in [0.15, 0.2) is 18.2 Å². The molecule has 0 atom stereocenters. The second-order valence-corrected chi connectivity index (χ2v) is 6.09. The number of carboxylic acid groups (broad SMARTS) is 3. The number of carboxylic acids is 3. The molecule has 0 amide bonds. The summed E-state index contributed by atoms with van der Waals surface area (Å²) in [5, 5.41) is 44.3. The topological polar surface area (TPSA) is 177 Å². The third kappa shape index (κ3) is 4.96. The summed E-state index contributed by atoms with van der Waals surface area (Å²) in [6.07, 6.45) is -1.36. The molecule has 3 rings (SSSR count). The van der Waals surface area contributed by atoms with Gasteiger partial charge in [-0.3, -0.25) is 9.59 Å². The molecule has 0 saturated carbocycles. The molecule has 27 heavy (non-hydrogen) atoms. The van der Waals surface area contributed by atoms with Crippen molar-refractivity contribution in [3.05, 3.63) is 29.5 Å². The van der Waals surface area contributed by atoms with Crippen LogP contribution in [0.25, 0.3) is 10.9 Å². The molecule has 0 saturated heterocycles. The van der Waals surface area contributed by atoms with Crippen molar-refractivity contribution in [3.8, 4) is 5.75 Å². The maximum absolute atomic E-state index is 10.3. The molecule has 1 aromatic carbocycles. The SMILES string of the molecule is O=C(O)CC(O)(CC(=O)O)C(=O)O.Oc1ccc2[nH]c3c(c2c1)CCOC3. The van der Waals surface area contributed by atoms with E-state index in [0.717, 1.165) is 29.6 Å². The molecular formula is C17H19NO9. The fourth-order valence-electron chi connectivity index (χ4n) is 2.76. The van der Waals surface area contributed by atoms with Crippen LogP contribution in [0.3, 0.4) is 0 Å². The van der Waals surface area contributed by atoms with Crippen molar-refractivity contribution < 1.29 is 44.7 Å². The van der Waals surface area contributed by atoms with Crippen LogP contribution in [0.2, 0.25) is 0 Å². The van der Waals surface area contributed by atoms with E-state index >= 15 is 0 Å². The number of benzene rings is 1. The van der Waals surface area contributed by atoms with Crippen molar-refractivity contribution in [2.75, 3.05) is 6.61 Å². The molecule has 146 valence electrons. The molecule has 0 radical (unpaired) electrons. The first-order valence-electron chi connectivity index (χ1n) is 7.92. The van der Waals surface area contributed by atoms with Gasteiger partial charge in [0.25, 0.3) is 0 Å². The number of phenolic OH excluding ortho intramolecular Hbond substituents is 1. The maximum Gasteiger partial charge on any atom is 0.336 e. The van der Waals surface area contributed by atoms with Gasteiger partial charge in [0.1, 0.15) is 5.75 Å². The number of fused-ring (bicyclic) bond motifs is 3. The van der Waals surface area contributed by atoms with Gasteiger partial charge in [-0.25, -0.2) is 4.79 Å². The molecule has 10 heteroatoms. The van der Waals surface area contributed by atoms with E-state index in [4.69, 9.17) is 25.2 Å². The fraction of sp³-hybridized carbons (Fsp3) is 0.353. The quantitative estimate of drug-likeness (QED) is 0.435. The van der Waals surface area contributed by atoms with Gasteiger partial charge in [0.05, 0.1) is 26.1 Å². The number of nitrogens with one attached hydrogen (secondary N) is 1. The molecule has 0 spiro atoms. The van der Waals surface area contributed by atoms with E-state index in [1.807, 2.05) is 12.1 Å². The zero-order valence-corrected chi connectivity index (χ0v) is 14.1. The lowest BCUT2D eigenvalue weighted by Gasteiger charge is -2.18. The number of carbonyl (C=O) groups is 3. The summed E-state index contributed by atoms with van der Waals surface area (Å²) in [5.74, 6) is -4.69. The zero-order chi connectivity index (χ0) is 20.2. The number of aromatic hydroxyl groups is 1. The molecule has 0 fully saturated rings. The van der Waals surface area contributed by atoms with E-state index in [0.29, 0.717) is 12.4 Å². The van der Waals surface area contributed by atoms with Gasteiger partial charge in [-0.2, -0.15) is 0 Å². The normalized spacial score (nSPS) is 13.4. The van der Waals surface area contributed by atoms with E-state index in [-0.39, 0.29) is 0 Å². The Kier molecular flexibility index (Phi) is 6.03. The van der Waals surface area contributed by atoms with Gasteiger partial charge in [0, 0.05) is 16.6 Å². The number of aromatic nitrogens is 1. The summed E-state index contributed by atoms with van der Waals surface area (Å²) >= 11 is 0. The van der Waals surface area contributed by atoms with Crippen LogP contribution in [-0.2, 0) is 32.1 Å². The van der Waals surface area contributed by atoms with Gasteiger partial charge < -0.3 is 35.3 Å². The molecule has 6 N–H and O–H groups in total. The monoisotopic (exact) mass is 381 g/mol. The molecule has 1 aliphatic heterocycles. The molecule has 0 aliphatic carbocycles. The Morgan fingerprint density at radius 1 is 1.11 bits per heavy atom. The summed E-state index contributed by atoms with van der Waals surface area (Å²) in [6, 6.07) is 5.42. The van der Waals surface area contributed by atoms with Crippen LogP contribution in [0, 0.1) is 0 Å². The van der Waals surface area contributed by atoms with Crippen molar-refractivity contribution in [1.82, 2.24) is 4.98 Å². The number of aliphatic carboxylic acids is 3. The first-order valence-corrected chi connectivity index (χ1v) is 7.92. The van der Waals surface area contributed by atoms with Gasteiger partial charge in [0.2, 0.25) is 0 Å². The van der Waals surface area contributed by atoms with Gasteiger partial charge in [-0.15, -0.1) is 0 Å². The summed E-state index contributed by atoms with van der Waals surface area (Å²) in [4.78, 5) is 33.8. The number of hydrogen-bond acceptors (Lipinski definition) is 6. The first-order chi connectivity index (χ1) is 12.6. The van der Waals surface area contributed by atoms with Gasteiger partial charge in [-0.05, 0) is 30.2 Å². The highest BCUT2D eigenvalue weighted by Gasteiger charge is 2.40. The van der Waals surface area contributed by atoms with E-state index in [1.165, 1.54) is 5.56 Å². The molecule has 2 heterocycles. The van der Waals surface area contributed by atoms with Crippen molar-refractivity contribution >= 4 is 28.8 Å². The van der Waals surface area contributed by atoms with E-state index in [2.05, 4.69) is 4.98 Å². The average Bonchev–Trinajstić information content (AvgIpc) is 2.92. The van der Waals surface area contributed by atoms with Crippen molar-refractivity contribution in [3.63, 3.8) is 0 Å². The Bertz CT molecular complexity index is 855. The Hall–Kier alpha value is -3.11. The van der Waals surface area contributed by atoms with E-state index < -0.39 is 36.4 Å². The minimum atomic E-state index is -2.74. The van der Waals surface area contributed by atoms with Gasteiger partial charge in [-0.1, -0.05) is 0 Å². The van der Waals surface area contributed by atoms with Crippen LogP contribution in [-0.4, -0.2) is 60.6 Å². The molecule has 0 bridgehead atoms. The lowest BCUT2D eigenvalue weighted by molar-refractivity contribution is -0.170. The van der Waals surface area contributed by atoms with E-state index in [9.17, 15) is 19.5 Å². The lowest BCUT2D eigenvalue weighted by atomic mass is 9.96. The minimum absolute atomic E-state index is 0.325. The number of rotatable bonds is 5. The third-order valence-corrected chi connectivity index (χ3v) is 4.01. The summed E-state index contributed by atoms with van der Waals surface area (Å²) in [7, 11) is 0. The second-order valence-electron chi connectivity index (χ2n) is 6.09. The Balaban J connectivity index is 0.000000195. The number of hydrogen-bond donors (Lipinski definition) is 6. The summed E-state index contributed by atoms with van der Waals surface area (Å²) in [6.45, 7) is 1.43. The number of H-pyrrole nitrogens is 1. The highest BCUT2D eigenvalue weighted by Crippen LogP contribution is 2.28. The minimum Gasteiger partial charge on any atom is -0.508 e. The molecule has 0 unspecified atom stereocenters. The maximum atomic E-state index is 10.3. The Morgan fingerprint density at radius 2 is 1.74 bits per heavy atom. The second kappa shape index (κ2) is 8.06. The van der Waals surface area contributed by atoms with Crippen LogP contribution < -0.4 is 0 Å². The van der Waals surface area contributed by atoms with Gasteiger partial charge in [0.15, 0.2) is 5.60 Å². The standard InChI is InChI=1S/C11H11NO2.C6H8O7/c13-7-1-2-10-9(5-7)8-3-4-14-6-11(8)12-10;7-3(8)1-6(13,5(11)12)2-4(9)10/h1-2,5,12-13H,3-4,6H2;13H,1-2H2,(H,7,8)(H,9,10)(H,11,12). The Labute approximate surface area is 152 Å². The van der Waals surface area contributed by atoms with Crippen LogP contribution in [0.1, 0.15) is 24.1 Å². The largest absolute Gasteiger partial charge is 0.508 e. The van der Waals surface area contributed by atoms with Crippen LogP contribution in [0.5, 0.6) is 5.75 Å². The van der Waals surface area contributed by atoms with Crippen molar-refractivity contribution in [1.29, 1.82) is 0 Å². The molecule has 10 nitrogen and oxygen atoms in total. The summed E-state index contributed by atoms with van der Waals surface area (Å²) < 4.78 is 5.36. The fourth-order valence-corrected chi connectivity index (χ4v) is 2.76. The van der Waals surface area contributed by atoms with Gasteiger partial charge >= 0.3 is 17.9 Å².